The smallest absolute Gasteiger partial charge is 0.248 e. The molecule has 1 rings (SSSR count). The van der Waals surface area contributed by atoms with Crippen LogP contribution in [0.5, 0.6) is 0 Å². The largest absolute Gasteiger partial charge is 0.331 e. The summed E-state index contributed by atoms with van der Waals surface area (Å²) in [5.74, 6) is 0.294. The quantitative estimate of drug-likeness (QED) is 0.589. The topological polar surface area (TPSA) is 53.2 Å². The van der Waals surface area contributed by atoms with Crippen molar-refractivity contribution < 1.29 is 4.79 Å². The molecule has 21 heavy (non-hydrogen) atoms. The summed E-state index contributed by atoms with van der Waals surface area (Å²) in [6, 6.07) is 6.09. The zero-order valence-corrected chi connectivity index (χ0v) is 14.8. The van der Waals surface area contributed by atoms with Crippen LogP contribution in [0, 0.1) is 13.8 Å². The lowest BCUT2D eigenvalue weighted by Gasteiger charge is -2.18. The van der Waals surface area contributed by atoms with Crippen molar-refractivity contribution in [3.8, 4) is 0 Å². The van der Waals surface area contributed by atoms with Crippen LogP contribution in [0.15, 0.2) is 18.2 Å². The van der Waals surface area contributed by atoms with E-state index in [1.165, 1.54) is 0 Å². The monoisotopic (exact) mass is 325 g/mol. The number of benzene rings is 1. The van der Waals surface area contributed by atoms with Gasteiger partial charge in [0.05, 0.1) is 5.75 Å². The van der Waals surface area contributed by atoms with Gasteiger partial charge in [-0.15, -0.1) is 11.8 Å². The molecule has 0 heterocycles. The summed E-state index contributed by atoms with van der Waals surface area (Å²) in [6.07, 6.45) is 0. The molecule has 116 valence electrons. The van der Waals surface area contributed by atoms with Gasteiger partial charge in [-0.05, 0) is 43.3 Å². The van der Waals surface area contributed by atoms with E-state index < -0.39 is 0 Å². The van der Waals surface area contributed by atoms with Crippen LogP contribution in [-0.4, -0.2) is 21.5 Å². The summed E-state index contributed by atoms with van der Waals surface area (Å²) in [5.41, 5.74) is 8.50. The first-order chi connectivity index (χ1) is 9.67. The van der Waals surface area contributed by atoms with Crippen LogP contribution in [0.25, 0.3) is 0 Å². The van der Waals surface area contributed by atoms with Gasteiger partial charge in [-0.25, -0.2) is 0 Å². The molecule has 0 aliphatic rings. The van der Waals surface area contributed by atoms with E-state index in [1.54, 1.807) is 11.8 Å². The first-order valence-electron chi connectivity index (χ1n) is 6.74. The zero-order chi connectivity index (χ0) is 16.0. The lowest BCUT2D eigenvalue weighted by atomic mass is 10.1. The Morgan fingerprint density at radius 1 is 1.24 bits per heavy atom. The van der Waals surface area contributed by atoms with Crippen molar-refractivity contribution >= 4 is 40.7 Å². The molecule has 0 aromatic heterocycles. The average Bonchev–Trinajstić information content (AvgIpc) is 2.37. The van der Waals surface area contributed by atoms with Gasteiger partial charge in [0.2, 0.25) is 5.91 Å². The van der Waals surface area contributed by atoms with Crippen LogP contribution >= 0.6 is 24.0 Å². The SMILES string of the molecule is Cc1ccc(C)c(NC(=S)NNC(=O)CSC(C)(C)C)c1. The van der Waals surface area contributed by atoms with Gasteiger partial charge in [-0.3, -0.25) is 15.6 Å². The van der Waals surface area contributed by atoms with Crippen LogP contribution in [0.2, 0.25) is 0 Å². The Balaban J connectivity index is 2.41. The van der Waals surface area contributed by atoms with E-state index in [1.807, 2.05) is 32.0 Å². The molecule has 0 fully saturated rings. The number of thiocarbonyl (C=S) groups is 1. The van der Waals surface area contributed by atoms with Gasteiger partial charge in [-0.2, -0.15) is 0 Å². The number of carbonyl (C=O) groups is 1. The van der Waals surface area contributed by atoms with Crippen LogP contribution in [0.4, 0.5) is 5.69 Å². The molecule has 1 aromatic rings. The van der Waals surface area contributed by atoms with Crippen LogP contribution in [0.3, 0.4) is 0 Å². The Bertz CT molecular complexity index is 524. The molecule has 0 atom stereocenters. The number of thioether (sulfide) groups is 1. The van der Waals surface area contributed by atoms with E-state index in [2.05, 4.69) is 36.9 Å². The van der Waals surface area contributed by atoms with Crippen LogP contribution < -0.4 is 16.2 Å². The minimum Gasteiger partial charge on any atom is -0.331 e. The van der Waals surface area contributed by atoms with Gasteiger partial charge in [0, 0.05) is 10.4 Å². The van der Waals surface area contributed by atoms with E-state index in [9.17, 15) is 4.79 Å². The number of carbonyl (C=O) groups excluding carboxylic acids is 1. The van der Waals surface area contributed by atoms with Crippen molar-refractivity contribution in [2.45, 2.75) is 39.4 Å². The van der Waals surface area contributed by atoms with Gasteiger partial charge in [-0.1, -0.05) is 32.9 Å². The molecule has 0 saturated carbocycles. The number of nitrogens with one attached hydrogen (secondary N) is 3. The van der Waals surface area contributed by atoms with E-state index in [0.29, 0.717) is 10.9 Å². The molecule has 0 spiro atoms. The minimum atomic E-state index is -0.0972. The third-order valence-corrected chi connectivity index (χ3v) is 4.07. The van der Waals surface area contributed by atoms with Gasteiger partial charge >= 0.3 is 0 Å². The van der Waals surface area contributed by atoms with Gasteiger partial charge in [0.25, 0.3) is 0 Å². The molecule has 0 radical (unpaired) electrons. The summed E-state index contributed by atoms with van der Waals surface area (Å²) >= 11 is 6.76. The zero-order valence-electron chi connectivity index (χ0n) is 13.2. The van der Waals surface area contributed by atoms with Gasteiger partial charge in [0.1, 0.15) is 0 Å². The Labute approximate surface area is 136 Å². The predicted molar refractivity (Wildman–Crippen MR) is 95.6 cm³/mol. The number of hydrogen-bond acceptors (Lipinski definition) is 3. The summed E-state index contributed by atoms with van der Waals surface area (Å²) in [6.45, 7) is 10.2. The van der Waals surface area contributed by atoms with E-state index in [-0.39, 0.29) is 10.7 Å². The summed E-state index contributed by atoms with van der Waals surface area (Å²) in [5, 5.41) is 3.45. The third-order valence-electron chi connectivity index (χ3n) is 2.59. The van der Waals surface area contributed by atoms with Crippen molar-refractivity contribution in [1.29, 1.82) is 0 Å². The molecule has 1 amide bonds. The molecule has 0 bridgehead atoms. The summed E-state index contributed by atoms with van der Waals surface area (Å²) in [4.78, 5) is 11.7. The van der Waals surface area contributed by atoms with E-state index >= 15 is 0 Å². The van der Waals surface area contributed by atoms with Crippen molar-refractivity contribution in [3.63, 3.8) is 0 Å². The Morgan fingerprint density at radius 3 is 2.52 bits per heavy atom. The highest BCUT2D eigenvalue weighted by Crippen LogP contribution is 2.22. The summed E-state index contributed by atoms with van der Waals surface area (Å²) < 4.78 is 0.0643. The fourth-order valence-electron chi connectivity index (χ4n) is 1.47. The first-order valence-corrected chi connectivity index (χ1v) is 8.14. The average molecular weight is 326 g/mol. The number of rotatable bonds is 3. The number of anilines is 1. The molecule has 4 nitrogen and oxygen atoms in total. The normalized spacial score (nSPS) is 10.9. The molecule has 0 aliphatic carbocycles. The second-order valence-corrected chi connectivity index (χ2v) is 8.06. The fraction of sp³-hybridized carbons (Fsp3) is 0.467. The second kappa shape index (κ2) is 7.66. The highest BCUT2D eigenvalue weighted by molar-refractivity contribution is 8.01. The van der Waals surface area contributed by atoms with E-state index in [4.69, 9.17) is 12.2 Å². The molecular formula is C15H23N3OS2. The lowest BCUT2D eigenvalue weighted by molar-refractivity contribution is -0.119. The number of hydrogen-bond donors (Lipinski definition) is 3. The third kappa shape index (κ3) is 7.34. The minimum absolute atomic E-state index is 0.0643. The molecular weight excluding hydrogens is 302 g/mol. The maximum Gasteiger partial charge on any atom is 0.248 e. The highest BCUT2D eigenvalue weighted by Gasteiger charge is 2.13. The van der Waals surface area contributed by atoms with Crippen molar-refractivity contribution in [2.24, 2.45) is 0 Å². The number of amides is 1. The standard InChI is InChI=1S/C15H23N3OS2/c1-10-6-7-11(2)12(8-10)16-14(20)18-17-13(19)9-21-15(3,4)5/h6-8H,9H2,1-5H3,(H,17,19)(H2,16,18,20). The fourth-order valence-corrected chi connectivity index (χ4v) is 2.27. The predicted octanol–water partition coefficient (Wildman–Crippen LogP) is 3.15. The molecule has 0 saturated heterocycles. The second-order valence-electron chi connectivity index (χ2n) is 5.85. The van der Waals surface area contributed by atoms with Crippen molar-refractivity contribution in [2.75, 3.05) is 11.1 Å². The van der Waals surface area contributed by atoms with Crippen molar-refractivity contribution in [1.82, 2.24) is 10.9 Å². The molecule has 1 aromatic carbocycles. The Hall–Kier alpha value is -1.27. The maximum atomic E-state index is 11.7. The van der Waals surface area contributed by atoms with Crippen LogP contribution in [-0.2, 0) is 4.79 Å². The molecule has 6 heteroatoms. The summed E-state index contributed by atoms with van der Waals surface area (Å²) in [7, 11) is 0. The van der Waals surface area contributed by atoms with E-state index in [0.717, 1.165) is 16.8 Å². The van der Waals surface area contributed by atoms with Crippen LogP contribution in [0.1, 0.15) is 31.9 Å². The molecule has 0 unspecified atom stereocenters. The van der Waals surface area contributed by atoms with Gasteiger partial charge < -0.3 is 5.32 Å². The first kappa shape index (κ1) is 17.8. The molecule has 0 aliphatic heterocycles. The molecule has 3 N–H and O–H groups in total. The van der Waals surface area contributed by atoms with Gasteiger partial charge in [0.15, 0.2) is 5.11 Å². The Morgan fingerprint density at radius 2 is 1.90 bits per heavy atom. The van der Waals surface area contributed by atoms with Crippen molar-refractivity contribution in [3.05, 3.63) is 29.3 Å². The highest BCUT2D eigenvalue weighted by atomic mass is 32.2. The lowest BCUT2D eigenvalue weighted by Crippen LogP contribution is -2.44. The Kier molecular flexibility index (Phi) is 6.48. The number of aryl methyl sites for hydroxylation is 2. The maximum absolute atomic E-state index is 11.7. The number of hydrazine groups is 1.